The second-order valence-corrected chi connectivity index (χ2v) is 1.60. The molecule has 0 aromatic heterocycles. The van der Waals surface area contributed by atoms with E-state index < -0.39 is 0 Å². The van der Waals surface area contributed by atoms with Crippen LogP contribution in [0.4, 0.5) is 0 Å². The monoisotopic (exact) mass is 178 g/mol. The Morgan fingerprint density at radius 1 is 1.55 bits per heavy atom. The summed E-state index contributed by atoms with van der Waals surface area (Å²) in [6.07, 6.45) is 6.61. The summed E-state index contributed by atoms with van der Waals surface area (Å²) < 4.78 is 0. The minimum absolute atomic E-state index is 0. The molecule has 0 saturated carbocycles. The van der Waals surface area contributed by atoms with Gasteiger partial charge in [-0.05, 0) is 6.92 Å². The summed E-state index contributed by atoms with van der Waals surface area (Å²) in [6, 6.07) is 0. The molecule has 0 aromatic rings. The van der Waals surface area contributed by atoms with E-state index >= 15 is 0 Å². The van der Waals surface area contributed by atoms with E-state index in [-0.39, 0.29) is 21.7 Å². The van der Waals surface area contributed by atoms with Crippen LogP contribution in [0.15, 0.2) is 24.8 Å². The smallest absolute Gasteiger partial charge is 0.0541 e. The maximum atomic E-state index is 4.96. The number of allylic oxidation sites excluding steroid dienone is 3. The van der Waals surface area contributed by atoms with Crippen molar-refractivity contribution in [1.82, 2.24) is 0 Å². The summed E-state index contributed by atoms with van der Waals surface area (Å²) in [7, 11) is 8.42. The standard InChI is InChI=1S/C5H8.C2H5B3.Ti/c1-3-5-4-2;1-2-4-5-3;/h3-5H,1H2,2H3;2H2,1H3;. The van der Waals surface area contributed by atoms with Gasteiger partial charge < -0.3 is 0 Å². The topological polar surface area (TPSA) is 0 Å². The first-order valence-electron chi connectivity index (χ1n) is 3.43. The average Bonchev–Trinajstić information content (AvgIpc) is 1.93. The molecule has 0 aliphatic carbocycles. The molecule has 0 aromatic carbocycles. The second kappa shape index (κ2) is 22.4. The van der Waals surface area contributed by atoms with Crippen molar-refractivity contribution in [3.05, 3.63) is 24.8 Å². The molecule has 0 heterocycles. The fourth-order valence-electron chi connectivity index (χ4n) is 0.272. The van der Waals surface area contributed by atoms with Crippen LogP contribution in [0.1, 0.15) is 13.8 Å². The third-order valence-electron chi connectivity index (χ3n) is 0.700. The zero-order chi connectivity index (χ0) is 8.24. The predicted molar refractivity (Wildman–Crippen MR) is 52.8 cm³/mol. The first-order chi connectivity index (χ1) is 4.83. The Balaban J connectivity index is -0.000000107. The Bertz CT molecular complexity index is 81.8. The van der Waals surface area contributed by atoms with Crippen molar-refractivity contribution in [2.45, 2.75) is 20.2 Å². The van der Waals surface area contributed by atoms with E-state index in [9.17, 15) is 0 Å². The third kappa shape index (κ3) is 38.0. The van der Waals surface area contributed by atoms with Crippen molar-refractivity contribution < 1.29 is 21.7 Å². The fraction of sp³-hybridized carbons (Fsp3) is 0.429. The van der Waals surface area contributed by atoms with Crippen LogP contribution in [0.3, 0.4) is 0 Å². The first-order valence-corrected chi connectivity index (χ1v) is 3.43. The molecule has 0 saturated heterocycles. The van der Waals surface area contributed by atoms with Crippen molar-refractivity contribution in [3.63, 3.8) is 0 Å². The van der Waals surface area contributed by atoms with Gasteiger partial charge in [-0.3, -0.25) is 0 Å². The van der Waals surface area contributed by atoms with Gasteiger partial charge in [0.1, 0.15) is 0 Å². The predicted octanol–water partition coefficient (Wildman–Crippen LogP) is 1.58. The Morgan fingerprint density at radius 3 is 2.09 bits per heavy atom. The fourth-order valence-corrected chi connectivity index (χ4v) is 0.272. The number of hydrogen-bond donors (Lipinski definition) is 0. The molecular formula is C7H13B3Ti. The van der Waals surface area contributed by atoms with E-state index in [1.54, 1.807) is 13.1 Å². The summed E-state index contributed by atoms with van der Waals surface area (Å²) in [6.45, 7) is 7.47. The molecule has 0 aliphatic rings. The molecule has 0 unspecified atom stereocenters. The van der Waals surface area contributed by atoms with E-state index in [1.807, 2.05) is 33.2 Å². The Labute approximate surface area is 88.7 Å². The molecule has 4 radical (unpaired) electrons. The zero-order valence-electron chi connectivity index (χ0n) is 7.38. The van der Waals surface area contributed by atoms with Gasteiger partial charge >= 0.3 is 0 Å². The normalized spacial score (nSPS) is 7.09. The minimum Gasteiger partial charge on any atom is -0.0991 e. The van der Waals surface area contributed by atoms with Crippen LogP contribution in [-0.2, 0) is 21.7 Å². The molecule has 0 spiro atoms. The maximum absolute atomic E-state index is 4.96. The van der Waals surface area contributed by atoms with Gasteiger partial charge in [-0.25, -0.2) is 0 Å². The van der Waals surface area contributed by atoms with Crippen molar-refractivity contribution in [2.75, 3.05) is 0 Å². The minimum atomic E-state index is 0. The van der Waals surface area contributed by atoms with Crippen LogP contribution in [-0.4, -0.2) is 22.0 Å². The largest absolute Gasteiger partial charge is 0.0991 e. The number of rotatable bonds is 3. The molecule has 0 N–H and O–H groups in total. The molecule has 4 heteroatoms. The summed E-state index contributed by atoms with van der Waals surface area (Å²) in [4.78, 5) is 0. The average molecular weight is 177 g/mol. The molecule has 54 valence electrons. The van der Waals surface area contributed by atoms with E-state index in [4.69, 9.17) is 7.74 Å². The van der Waals surface area contributed by atoms with Crippen LogP contribution >= 0.6 is 0 Å². The Kier molecular flexibility index (Phi) is 35.6. The zero-order valence-corrected chi connectivity index (χ0v) is 8.94. The van der Waals surface area contributed by atoms with E-state index in [1.165, 1.54) is 0 Å². The quantitative estimate of drug-likeness (QED) is 0.454. The number of hydrogen-bond acceptors (Lipinski definition) is 0. The van der Waals surface area contributed by atoms with Crippen LogP contribution in [0, 0.1) is 0 Å². The second-order valence-electron chi connectivity index (χ2n) is 1.60. The van der Waals surface area contributed by atoms with Gasteiger partial charge in [-0.2, -0.15) is 0 Å². The van der Waals surface area contributed by atoms with E-state index in [0.717, 1.165) is 6.32 Å². The Morgan fingerprint density at radius 2 is 2.09 bits per heavy atom. The molecule has 0 amide bonds. The molecule has 0 aliphatic heterocycles. The molecule has 0 atom stereocenters. The van der Waals surface area contributed by atoms with Crippen molar-refractivity contribution in [3.8, 4) is 0 Å². The van der Waals surface area contributed by atoms with Gasteiger partial charge in [0.15, 0.2) is 0 Å². The van der Waals surface area contributed by atoms with Gasteiger partial charge in [-0.15, -0.1) is 0 Å². The van der Waals surface area contributed by atoms with Gasteiger partial charge in [0.05, 0.1) is 7.17 Å². The molecule has 0 nitrogen and oxygen atoms in total. The van der Waals surface area contributed by atoms with Crippen molar-refractivity contribution >= 4 is 22.0 Å². The summed E-state index contributed by atoms with van der Waals surface area (Å²) in [5.41, 5.74) is 0. The van der Waals surface area contributed by atoms with Crippen LogP contribution < -0.4 is 0 Å². The van der Waals surface area contributed by atoms with Gasteiger partial charge in [0.2, 0.25) is 0 Å². The maximum Gasteiger partial charge on any atom is 0.0541 e. The van der Waals surface area contributed by atoms with Crippen molar-refractivity contribution in [1.29, 1.82) is 0 Å². The van der Waals surface area contributed by atoms with Gasteiger partial charge in [0.25, 0.3) is 0 Å². The van der Waals surface area contributed by atoms with Crippen molar-refractivity contribution in [2.24, 2.45) is 0 Å². The Hall–Kier alpha value is 0.389. The molecule has 0 rings (SSSR count). The molecule has 11 heavy (non-hydrogen) atoms. The van der Waals surface area contributed by atoms with E-state index in [0.29, 0.717) is 0 Å². The van der Waals surface area contributed by atoms with Gasteiger partial charge in [0, 0.05) is 36.5 Å². The van der Waals surface area contributed by atoms with Crippen LogP contribution in [0.5, 0.6) is 0 Å². The first kappa shape index (κ1) is 17.5. The summed E-state index contributed by atoms with van der Waals surface area (Å²) in [5.74, 6) is 0. The summed E-state index contributed by atoms with van der Waals surface area (Å²) in [5, 5.41) is 0. The van der Waals surface area contributed by atoms with Gasteiger partial charge in [-0.1, -0.05) is 38.1 Å². The molecule has 0 bridgehead atoms. The SMILES string of the molecule is C=CC=CC.[B][B][B]CC.[Ti]. The summed E-state index contributed by atoms with van der Waals surface area (Å²) >= 11 is 0. The molecular weight excluding hydrogens is 164 g/mol. The molecule has 0 fully saturated rings. The third-order valence-corrected chi connectivity index (χ3v) is 0.700. The van der Waals surface area contributed by atoms with Crippen LogP contribution in [0.25, 0.3) is 0 Å². The van der Waals surface area contributed by atoms with Crippen LogP contribution in [0.2, 0.25) is 6.32 Å². The van der Waals surface area contributed by atoms with E-state index in [2.05, 4.69) is 6.58 Å².